The quantitative estimate of drug-likeness (QED) is 0.664. The van der Waals surface area contributed by atoms with Crippen LogP contribution in [0.3, 0.4) is 0 Å². The Balaban J connectivity index is 1.19. The second kappa shape index (κ2) is 8.76. The number of benzene rings is 2. The summed E-state index contributed by atoms with van der Waals surface area (Å²) in [6.07, 6.45) is 2.34. The van der Waals surface area contributed by atoms with Gasteiger partial charge >= 0.3 is 0 Å². The number of rotatable bonds is 7. The molecule has 152 valence electrons. The summed E-state index contributed by atoms with van der Waals surface area (Å²) in [7, 11) is 0. The van der Waals surface area contributed by atoms with E-state index < -0.39 is 6.10 Å². The van der Waals surface area contributed by atoms with Crippen LogP contribution in [0.4, 0.5) is 0 Å². The third-order valence-corrected chi connectivity index (χ3v) is 5.73. The van der Waals surface area contributed by atoms with Crippen molar-refractivity contribution in [2.24, 2.45) is 0 Å². The number of fused-ring (bicyclic) bond motifs is 1. The van der Waals surface area contributed by atoms with Crippen LogP contribution in [-0.4, -0.2) is 60.1 Å². The molecule has 6 heteroatoms. The summed E-state index contributed by atoms with van der Waals surface area (Å²) in [4.78, 5) is 26.3. The lowest BCUT2D eigenvalue weighted by Crippen LogP contribution is -2.42. The molecule has 2 aliphatic rings. The number of nitrogens with zero attached hydrogens (tertiary/aromatic N) is 1. The molecule has 4 rings (SSSR count). The van der Waals surface area contributed by atoms with Crippen molar-refractivity contribution in [2.75, 3.05) is 26.2 Å². The van der Waals surface area contributed by atoms with Gasteiger partial charge in [-0.1, -0.05) is 24.3 Å². The van der Waals surface area contributed by atoms with E-state index in [0.29, 0.717) is 23.7 Å². The maximum absolute atomic E-state index is 12.3. The molecule has 2 amide bonds. The van der Waals surface area contributed by atoms with Crippen molar-refractivity contribution in [3.63, 3.8) is 0 Å². The van der Waals surface area contributed by atoms with Crippen LogP contribution >= 0.6 is 0 Å². The minimum Gasteiger partial charge on any atom is -0.390 e. The van der Waals surface area contributed by atoms with Crippen molar-refractivity contribution >= 4 is 11.8 Å². The van der Waals surface area contributed by atoms with Crippen LogP contribution in [0.5, 0.6) is 0 Å². The SMILES string of the molecule is O=C(NCC(O)CNC1Cc2ccccc2C1)c1ccc(C(=O)N2CCC2)cc1. The van der Waals surface area contributed by atoms with Crippen molar-refractivity contribution < 1.29 is 14.7 Å². The van der Waals surface area contributed by atoms with E-state index in [2.05, 4.69) is 34.9 Å². The molecule has 1 saturated heterocycles. The zero-order chi connectivity index (χ0) is 20.2. The fraction of sp³-hybridized carbons (Fsp3) is 0.391. The number of aliphatic hydroxyl groups is 1. The van der Waals surface area contributed by atoms with Gasteiger partial charge in [-0.05, 0) is 54.7 Å². The van der Waals surface area contributed by atoms with Gasteiger partial charge in [-0.25, -0.2) is 0 Å². The van der Waals surface area contributed by atoms with Gasteiger partial charge in [0.2, 0.25) is 0 Å². The number of amides is 2. The van der Waals surface area contributed by atoms with Gasteiger partial charge in [0.25, 0.3) is 11.8 Å². The molecule has 2 aromatic carbocycles. The maximum Gasteiger partial charge on any atom is 0.253 e. The average Bonchev–Trinajstić information content (AvgIpc) is 3.12. The fourth-order valence-electron chi connectivity index (χ4n) is 3.86. The molecule has 0 radical (unpaired) electrons. The zero-order valence-corrected chi connectivity index (χ0v) is 16.4. The monoisotopic (exact) mass is 393 g/mol. The second-order valence-electron chi connectivity index (χ2n) is 7.87. The van der Waals surface area contributed by atoms with E-state index >= 15 is 0 Å². The molecule has 1 unspecified atom stereocenters. The van der Waals surface area contributed by atoms with E-state index in [1.807, 2.05) is 0 Å². The Labute approximate surface area is 170 Å². The molecule has 1 fully saturated rings. The largest absolute Gasteiger partial charge is 0.390 e. The number of carbonyl (C=O) groups is 2. The van der Waals surface area contributed by atoms with Crippen LogP contribution in [0, 0.1) is 0 Å². The van der Waals surface area contributed by atoms with Crippen molar-refractivity contribution in [3.05, 3.63) is 70.8 Å². The van der Waals surface area contributed by atoms with E-state index in [9.17, 15) is 14.7 Å². The van der Waals surface area contributed by atoms with Gasteiger partial charge in [-0.3, -0.25) is 9.59 Å². The molecular weight excluding hydrogens is 366 g/mol. The Hall–Kier alpha value is -2.70. The number of carbonyl (C=O) groups excluding carboxylic acids is 2. The van der Waals surface area contributed by atoms with Crippen molar-refractivity contribution in [2.45, 2.75) is 31.4 Å². The highest BCUT2D eigenvalue weighted by molar-refractivity contribution is 5.98. The standard InChI is InChI=1S/C23H27N3O3/c27-21(14-24-20-12-18-4-1-2-5-19(18)13-20)15-25-22(28)16-6-8-17(9-7-16)23(29)26-10-3-11-26/h1-2,4-9,20-21,24,27H,3,10-15H2,(H,25,28). The normalized spacial score (nSPS) is 16.8. The third kappa shape index (κ3) is 4.66. The van der Waals surface area contributed by atoms with Gasteiger partial charge in [0.05, 0.1) is 6.10 Å². The predicted octanol–water partition coefficient (Wildman–Crippen LogP) is 1.38. The first-order valence-electron chi connectivity index (χ1n) is 10.3. The van der Waals surface area contributed by atoms with Crippen LogP contribution in [0.2, 0.25) is 0 Å². The number of aliphatic hydroxyl groups excluding tert-OH is 1. The fourth-order valence-corrected chi connectivity index (χ4v) is 3.86. The maximum atomic E-state index is 12.3. The molecule has 3 N–H and O–H groups in total. The zero-order valence-electron chi connectivity index (χ0n) is 16.4. The minimum atomic E-state index is -0.657. The summed E-state index contributed by atoms with van der Waals surface area (Å²) in [5.41, 5.74) is 3.81. The van der Waals surface area contributed by atoms with Crippen LogP contribution in [0.25, 0.3) is 0 Å². The van der Waals surface area contributed by atoms with Crippen LogP contribution in [-0.2, 0) is 12.8 Å². The second-order valence-corrected chi connectivity index (χ2v) is 7.87. The first-order chi connectivity index (χ1) is 14.1. The molecule has 0 bridgehead atoms. The topological polar surface area (TPSA) is 81.7 Å². The Morgan fingerprint density at radius 3 is 2.17 bits per heavy atom. The summed E-state index contributed by atoms with van der Waals surface area (Å²) in [5.74, 6) is -0.237. The molecule has 2 aromatic rings. The van der Waals surface area contributed by atoms with Crippen LogP contribution in [0.1, 0.15) is 38.3 Å². The lowest BCUT2D eigenvalue weighted by Gasteiger charge is -2.30. The number of hydrogen-bond acceptors (Lipinski definition) is 4. The number of nitrogens with one attached hydrogen (secondary N) is 2. The molecule has 6 nitrogen and oxygen atoms in total. The molecule has 1 atom stereocenters. The number of likely N-dealkylation sites (tertiary alicyclic amines) is 1. The number of hydrogen-bond donors (Lipinski definition) is 3. The minimum absolute atomic E-state index is 0.0127. The lowest BCUT2D eigenvalue weighted by atomic mass is 10.1. The van der Waals surface area contributed by atoms with Crippen molar-refractivity contribution in [3.8, 4) is 0 Å². The highest BCUT2D eigenvalue weighted by Crippen LogP contribution is 2.21. The van der Waals surface area contributed by atoms with Gasteiger partial charge in [0.15, 0.2) is 0 Å². The van der Waals surface area contributed by atoms with Crippen molar-refractivity contribution in [1.82, 2.24) is 15.5 Å². The van der Waals surface area contributed by atoms with Gasteiger partial charge in [0, 0.05) is 43.3 Å². The molecule has 29 heavy (non-hydrogen) atoms. The van der Waals surface area contributed by atoms with Gasteiger partial charge in [-0.2, -0.15) is 0 Å². The first-order valence-corrected chi connectivity index (χ1v) is 10.3. The summed E-state index contributed by atoms with van der Waals surface area (Å²) < 4.78 is 0. The highest BCUT2D eigenvalue weighted by Gasteiger charge is 2.22. The van der Waals surface area contributed by atoms with Gasteiger partial charge in [-0.15, -0.1) is 0 Å². The van der Waals surface area contributed by atoms with E-state index in [1.54, 1.807) is 29.2 Å². The van der Waals surface area contributed by atoms with Gasteiger partial charge < -0.3 is 20.6 Å². The average molecular weight is 393 g/mol. The van der Waals surface area contributed by atoms with E-state index in [4.69, 9.17) is 0 Å². The lowest BCUT2D eigenvalue weighted by molar-refractivity contribution is 0.0651. The summed E-state index contributed by atoms with van der Waals surface area (Å²) in [5, 5.41) is 16.4. The third-order valence-electron chi connectivity index (χ3n) is 5.73. The molecule has 0 saturated carbocycles. The summed E-state index contributed by atoms with van der Waals surface area (Å²) in [6.45, 7) is 2.22. The van der Waals surface area contributed by atoms with Crippen LogP contribution in [0.15, 0.2) is 48.5 Å². The Bertz CT molecular complexity index is 852. The van der Waals surface area contributed by atoms with Gasteiger partial charge in [0.1, 0.15) is 0 Å². The molecule has 0 spiro atoms. The Morgan fingerprint density at radius 1 is 0.966 bits per heavy atom. The Kier molecular flexibility index (Phi) is 5.92. The van der Waals surface area contributed by atoms with E-state index in [0.717, 1.165) is 32.4 Å². The molecule has 1 heterocycles. The van der Waals surface area contributed by atoms with E-state index in [-0.39, 0.29) is 18.4 Å². The first kappa shape index (κ1) is 19.6. The van der Waals surface area contributed by atoms with E-state index in [1.165, 1.54) is 11.1 Å². The predicted molar refractivity (Wildman–Crippen MR) is 111 cm³/mol. The molecule has 1 aliphatic carbocycles. The molecule has 1 aliphatic heterocycles. The smallest absolute Gasteiger partial charge is 0.253 e. The molecule has 0 aromatic heterocycles. The summed E-state index contributed by atoms with van der Waals surface area (Å²) in [6, 6.07) is 15.4. The molecular formula is C23H27N3O3. The summed E-state index contributed by atoms with van der Waals surface area (Å²) >= 11 is 0. The highest BCUT2D eigenvalue weighted by atomic mass is 16.3. The Morgan fingerprint density at radius 2 is 1.59 bits per heavy atom. The van der Waals surface area contributed by atoms with Crippen molar-refractivity contribution in [1.29, 1.82) is 0 Å². The van der Waals surface area contributed by atoms with Crippen LogP contribution < -0.4 is 10.6 Å².